The molecule has 2 atom stereocenters. The first-order chi connectivity index (χ1) is 13.0. The maximum Gasteiger partial charge on any atom is 0.251 e. The van der Waals surface area contributed by atoms with Crippen LogP contribution in [0, 0.1) is 6.92 Å². The highest BCUT2D eigenvalue weighted by atomic mass is 16.5. The highest BCUT2D eigenvalue weighted by Gasteiger charge is 2.40. The van der Waals surface area contributed by atoms with E-state index in [0.717, 1.165) is 43.9 Å². The molecule has 1 N–H and O–H groups in total. The van der Waals surface area contributed by atoms with E-state index in [1.165, 1.54) is 0 Å². The summed E-state index contributed by atoms with van der Waals surface area (Å²) in [6.45, 7) is 7.51. The number of nitrogens with zero attached hydrogens (tertiary/aromatic N) is 3. The van der Waals surface area contributed by atoms with Crippen LogP contribution >= 0.6 is 0 Å². The van der Waals surface area contributed by atoms with Crippen molar-refractivity contribution in [2.75, 3.05) is 60.0 Å². The number of aryl methyl sites for hydroxylation is 1. The van der Waals surface area contributed by atoms with Crippen molar-refractivity contribution in [2.45, 2.75) is 19.1 Å². The summed E-state index contributed by atoms with van der Waals surface area (Å²) in [6.07, 6.45) is -0.693. The molecule has 7 nitrogen and oxygen atoms in total. The van der Waals surface area contributed by atoms with E-state index >= 15 is 0 Å². The molecule has 1 aromatic rings. The van der Waals surface area contributed by atoms with Crippen molar-refractivity contribution in [1.29, 1.82) is 0 Å². The molecule has 0 bridgehead atoms. The van der Waals surface area contributed by atoms with Gasteiger partial charge in [-0.05, 0) is 25.1 Å². The zero-order chi connectivity index (χ0) is 19.4. The molecule has 2 amide bonds. The van der Waals surface area contributed by atoms with Crippen LogP contribution in [0.3, 0.4) is 0 Å². The van der Waals surface area contributed by atoms with Gasteiger partial charge >= 0.3 is 0 Å². The first-order valence-corrected chi connectivity index (χ1v) is 9.59. The third-order valence-electron chi connectivity index (χ3n) is 5.57. The zero-order valence-corrected chi connectivity index (χ0v) is 16.5. The lowest BCUT2D eigenvalue weighted by molar-refractivity contribution is -0.162. The number of ether oxygens (including phenoxy) is 1. The fourth-order valence-electron chi connectivity index (χ4n) is 3.73. The van der Waals surface area contributed by atoms with E-state index in [1.807, 2.05) is 31.2 Å². The summed E-state index contributed by atoms with van der Waals surface area (Å²) in [5, 5.41) is 3.01. The molecule has 0 radical (unpaired) electrons. The predicted molar refractivity (Wildman–Crippen MR) is 103 cm³/mol. The van der Waals surface area contributed by atoms with Crippen molar-refractivity contribution in [2.24, 2.45) is 0 Å². The van der Waals surface area contributed by atoms with Crippen LogP contribution in [0.4, 0.5) is 0 Å². The van der Waals surface area contributed by atoms with Crippen molar-refractivity contribution >= 4 is 11.8 Å². The minimum Gasteiger partial charge on any atom is -0.356 e. The Hall–Kier alpha value is -1.96. The van der Waals surface area contributed by atoms with Crippen molar-refractivity contribution in [1.82, 2.24) is 20.0 Å². The van der Waals surface area contributed by atoms with E-state index in [1.54, 1.807) is 11.9 Å². The normalized spacial score (nSPS) is 24.9. The number of hydrogen-bond acceptors (Lipinski definition) is 5. The average Bonchev–Trinajstić information content (AvgIpc) is 2.66. The summed E-state index contributed by atoms with van der Waals surface area (Å²) in [7, 11) is 3.87. The van der Waals surface area contributed by atoms with Gasteiger partial charge in [0.1, 0.15) is 6.61 Å². The minimum absolute atomic E-state index is 0.0601. The Kier molecular flexibility index (Phi) is 6.46. The van der Waals surface area contributed by atoms with Crippen LogP contribution in [-0.4, -0.2) is 92.6 Å². The van der Waals surface area contributed by atoms with Crippen LogP contribution in [0.25, 0.3) is 0 Å². The van der Waals surface area contributed by atoms with Crippen molar-refractivity contribution in [3.05, 3.63) is 35.4 Å². The van der Waals surface area contributed by atoms with Gasteiger partial charge in [0, 0.05) is 46.3 Å². The predicted octanol–water partition coefficient (Wildman–Crippen LogP) is 0.257. The lowest BCUT2D eigenvalue weighted by Gasteiger charge is -2.39. The van der Waals surface area contributed by atoms with Gasteiger partial charge in [0.15, 0.2) is 6.10 Å². The Bertz CT molecular complexity index is 673. The Labute approximate surface area is 161 Å². The number of nitrogens with one attached hydrogen (secondary N) is 1. The van der Waals surface area contributed by atoms with Gasteiger partial charge in [0.2, 0.25) is 5.91 Å². The van der Waals surface area contributed by atoms with Crippen molar-refractivity contribution in [3.8, 4) is 0 Å². The molecule has 0 unspecified atom stereocenters. The monoisotopic (exact) mass is 374 g/mol. The highest BCUT2D eigenvalue weighted by Crippen LogP contribution is 2.31. The standard InChI is InChI=1S/C20H30N4O3/c1-15-6-4-5-7-16(15)18-19(27-14-17(25)23(18)3)20(26)21-8-9-24-12-10-22(2)11-13-24/h4-7,18-19H,8-14H2,1-3H3,(H,21,26)/t18-,19+/m1/s1. The molecule has 1 aromatic carbocycles. The molecule has 0 aromatic heterocycles. The van der Waals surface area contributed by atoms with Gasteiger partial charge in [0.05, 0.1) is 6.04 Å². The van der Waals surface area contributed by atoms with Gasteiger partial charge in [-0.2, -0.15) is 0 Å². The molecule has 2 aliphatic heterocycles. The number of hydrogen-bond donors (Lipinski definition) is 1. The van der Waals surface area contributed by atoms with Gasteiger partial charge in [-0.25, -0.2) is 0 Å². The second kappa shape index (κ2) is 8.82. The van der Waals surface area contributed by atoms with Crippen LogP contribution in [0.15, 0.2) is 24.3 Å². The smallest absolute Gasteiger partial charge is 0.251 e. The maximum atomic E-state index is 12.8. The Morgan fingerprint density at radius 2 is 1.89 bits per heavy atom. The van der Waals surface area contributed by atoms with Gasteiger partial charge in [-0.1, -0.05) is 24.3 Å². The summed E-state index contributed by atoms with van der Waals surface area (Å²) in [5.74, 6) is -0.263. The number of carbonyl (C=O) groups is 2. The molecule has 2 fully saturated rings. The van der Waals surface area contributed by atoms with E-state index in [2.05, 4.69) is 22.2 Å². The second-order valence-electron chi connectivity index (χ2n) is 7.47. The quantitative estimate of drug-likeness (QED) is 0.801. The van der Waals surface area contributed by atoms with Crippen molar-refractivity contribution < 1.29 is 14.3 Å². The maximum absolute atomic E-state index is 12.8. The highest BCUT2D eigenvalue weighted by molar-refractivity contribution is 5.86. The second-order valence-corrected chi connectivity index (χ2v) is 7.47. The van der Waals surface area contributed by atoms with E-state index in [4.69, 9.17) is 4.74 Å². The van der Waals surface area contributed by atoms with E-state index < -0.39 is 12.1 Å². The number of rotatable bonds is 5. The summed E-state index contributed by atoms with van der Waals surface area (Å²) in [6, 6.07) is 7.43. The van der Waals surface area contributed by atoms with Gasteiger partial charge in [-0.15, -0.1) is 0 Å². The minimum atomic E-state index is -0.693. The van der Waals surface area contributed by atoms with Crippen LogP contribution in [0.1, 0.15) is 17.2 Å². The Morgan fingerprint density at radius 1 is 1.19 bits per heavy atom. The summed E-state index contributed by atoms with van der Waals surface area (Å²) >= 11 is 0. The van der Waals surface area contributed by atoms with E-state index in [-0.39, 0.29) is 18.4 Å². The summed E-state index contributed by atoms with van der Waals surface area (Å²) in [5.41, 5.74) is 2.00. The first-order valence-electron chi connectivity index (χ1n) is 9.59. The molecule has 2 heterocycles. The number of amides is 2. The Morgan fingerprint density at radius 3 is 2.59 bits per heavy atom. The Balaban J connectivity index is 1.63. The number of piperazine rings is 1. The lowest BCUT2D eigenvalue weighted by Crippen LogP contribution is -2.54. The first kappa shape index (κ1) is 19.8. The van der Waals surface area contributed by atoms with Gasteiger partial charge < -0.3 is 19.9 Å². The third kappa shape index (κ3) is 4.66. The molecule has 2 aliphatic rings. The zero-order valence-electron chi connectivity index (χ0n) is 16.5. The number of morpholine rings is 1. The van der Waals surface area contributed by atoms with E-state index in [9.17, 15) is 9.59 Å². The molecule has 148 valence electrons. The van der Waals surface area contributed by atoms with Gasteiger partial charge in [0.25, 0.3) is 5.91 Å². The summed E-state index contributed by atoms with van der Waals surface area (Å²) < 4.78 is 5.68. The molecule has 27 heavy (non-hydrogen) atoms. The van der Waals surface area contributed by atoms with Crippen LogP contribution in [0.5, 0.6) is 0 Å². The SMILES string of the molecule is Cc1ccccc1[C@@H]1[C@@H](C(=O)NCCN2CCN(C)CC2)OCC(=O)N1C. The van der Waals surface area contributed by atoms with Crippen LogP contribution in [-0.2, 0) is 14.3 Å². The molecule has 3 rings (SSSR count). The number of likely N-dealkylation sites (N-methyl/N-ethyl adjacent to an activating group) is 2. The molecular weight excluding hydrogens is 344 g/mol. The molecule has 0 aliphatic carbocycles. The van der Waals surface area contributed by atoms with Crippen molar-refractivity contribution in [3.63, 3.8) is 0 Å². The van der Waals surface area contributed by atoms with Crippen LogP contribution in [0.2, 0.25) is 0 Å². The number of benzene rings is 1. The molecule has 0 saturated carbocycles. The molecule has 2 saturated heterocycles. The van der Waals surface area contributed by atoms with Crippen LogP contribution < -0.4 is 5.32 Å². The molecular formula is C20H30N4O3. The number of carbonyl (C=O) groups excluding carboxylic acids is 2. The average molecular weight is 374 g/mol. The summed E-state index contributed by atoms with van der Waals surface area (Å²) in [4.78, 5) is 31.3. The molecule has 0 spiro atoms. The third-order valence-corrected chi connectivity index (χ3v) is 5.57. The largest absolute Gasteiger partial charge is 0.356 e. The van der Waals surface area contributed by atoms with Gasteiger partial charge in [-0.3, -0.25) is 14.5 Å². The van der Waals surface area contributed by atoms with E-state index in [0.29, 0.717) is 6.54 Å². The lowest BCUT2D eigenvalue weighted by atomic mass is 9.94. The topological polar surface area (TPSA) is 65.1 Å². The molecule has 7 heteroatoms. The fourth-order valence-corrected chi connectivity index (χ4v) is 3.73. The fraction of sp³-hybridized carbons (Fsp3) is 0.600.